The van der Waals surface area contributed by atoms with Crippen molar-refractivity contribution in [1.29, 1.82) is 0 Å². The van der Waals surface area contributed by atoms with Gasteiger partial charge in [0.2, 0.25) is 0 Å². The molecule has 1 unspecified atom stereocenters. The molecule has 1 heterocycles. The Morgan fingerprint density at radius 3 is 2.41 bits per heavy atom. The van der Waals surface area contributed by atoms with E-state index in [0.717, 1.165) is 13.1 Å². The van der Waals surface area contributed by atoms with Crippen molar-refractivity contribution in [3.05, 3.63) is 18.0 Å². The Labute approximate surface area is 106 Å². The van der Waals surface area contributed by atoms with Crippen LogP contribution in [0.3, 0.4) is 0 Å². The predicted molar refractivity (Wildman–Crippen MR) is 73.0 cm³/mol. The number of hydrogen-bond acceptors (Lipinski definition) is 2. The molecule has 0 fully saturated rings. The summed E-state index contributed by atoms with van der Waals surface area (Å²) in [4.78, 5) is 0. The van der Waals surface area contributed by atoms with Crippen molar-refractivity contribution in [2.75, 3.05) is 6.54 Å². The highest BCUT2D eigenvalue weighted by atomic mass is 15.3. The molecule has 1 rings (SSSR count). The van der Waals surface area contributed by atoms with Crippen molar-refractivity contribution in [2.24, 2.45) is 5.92 Å². The summed E-state index contributed by atoms with van der Waals surface area (Å²) in [6.45, 7) is 10.9. The maximum absolute atomic E-state index is 4.39. The highest BCUT2D eigenvalue weighted by Gasteiger charge is 2.20. The molecule has 1 atom stereocenters. The zero-order valence-corrected chi connectivity index (χ0v) is 11.7. The third-order valence-electron chi connectivity index (χ3n) is 3.47. The van der Waals surface area contributed by atoms with Crippen molar-refractivity contribution in [3.8, 4) is 0 Å². The van der Waals surface area contributed by atoms with E-state index in [1.54, 1.807) is 0 Å². The number of hydrogen-bond donors (Lipinski definition) is 1. The van der Waals surface area contributed by atoms with E-state index in [4.69, 9.17) is 0 Å². The van der Waals surface area contributed by atoms with Crippen molar-refractivity contribution in [1.82, 2.24) is 15.1 Å². The molecule has 0 amide bonds. The summed E-state index contributed by atoms with van der Waals surface area (Å²) in [7, 11) is 0. The topological polar surface area (TPSA) is 29.9 Å². The highest BCUT2D eigenvalue weighted by molar-refractivity contribution is 5.11. The van der Waals surface area contributed by atoms with Crippen molar-refractivity contribution in [3.63, 3.8) is 0 Å². The second-order valence-corrected chi connectivity index (χ2v) is 4.64. The molecule has 0 aliphatic heterocycles. The monoisotopic (exact) mass is 237 g/mol. The fourth-order valence-corrected chi connectivity index (χ4v) is 2.33. The van der Waals surface area contributed by atoms with Gasteiger partial charge in [-0.2, -0.15) is 5.10 Å². The van der Waals surface area contributed by atoms with E-state index in [1.807, 2.05) is 10.9 Å². The van der Waals surface area contributed by atoms with Gasteiger partial charge in [-0.25, -0.2) is 0 Å². The average molecular weight is 237 g/mol. The number of nitrogens with one attached hydrogen (secondary N) is 1. The van der Waals surface area contributed by atoms with Crippen LogP contribution < -0.4 is 5.32 Å². The standard InChI is InChI=1S/C14H27N3/c1-5-9-15-14(12(6-2)7-3)13-10-16-17(8-4)11-13/h10-12,14-15H,5-9H2,1-4H3. The molecule has 0 saturated carbocycles. The molecule has 3 heteroatoms. The van der Waals surface area contributed by atoms with Gasteiger partial charge in [0.25, 0.3) is 0 Å². The van der Waals surface area contributed by atoms with Crippen LogP contribution >= 0.6 is 0 Å². The van der Waals surface area contributed by atoms with Gasteiger partial charge in [-0.05, 0) is 25.8 Å². The van der Waals surface area contributed by atoms with Gasteiger partial charge in [-0.1, -0.05) is 33.6 Å². The van der Waals surface area contributed by atoms with E-state index in [1.165, 1.54) is 24.8 Å². The minimum Gasteiger partial charge on any atom is -0.310 e. The lowest BCUT2D eigenvalue weighted by atomic mass is 9.90. The summed E-state index contributed by atoms with van der Waals surface area (Å²) in [6, 6.07) is 0.463. The van der Waals surface area contributed by atoms with Crippen molar-refractivity contribution >= 4 is 0 Å². The second-order valence-electron chi connectivity index (χ2n) is 4.64. The van der Waals surface area contributed by atoms with Gasteiger partial charge in [-0.15, -0.1) is 0 Å². The fourth-order valence-electron chi connectivity index (χ4n) is 2.33. The number of aromatic nitrogens is 2. The predicted octanol–water partition coefficient (Wildman–Crippen LogP) is 3.38. The van der Waals surface area contributed by atoms with E-state index in [-0.39, 0.29) is 0 Å². The van der Waals surface area contributed by atoms with E-state index in [9.17, 15) is 0 Å². The summed E-state index contributed by atoms with van der Waals surface area (Å²) in [5, 5.41) is 8.06. The van der Waals surface area contributed by atoms with E-state index in [0.29, 0.717) is 12.0 Å². The lowest BCUT2D eigenvalue weighted by molar-refractivity contribution is 0.341. The Balaban J connectivity index is 2.80. The van der Waals surface area contributed by atoms with Crippen LogP contribution in [-0.4, -0.2) is 16.3 Å². The summed E-state index contributed by atoms with van der Waals surface area (Å²) >= 11 is 0. The Bertz CT molecular complexity index is 302. The smallest absolute Gasteiger partial charge is 0.0537 e. The molecule has 0 radical (unpaired) electrons. The fraction of sp³-hybridized carbons (Fsp3) is 0.786. The van der Waals surface area contributed by atoms with Gasteiger partial charge in [-0.3, -0.25) is 4.68 Å². The molecule has 1 aromatic heterocycles. The molecule has 1 aromatic rings. The quantitative estimate of drug-likeness (QED) is 0.751. The largest absolute Gasteiger partial charge is 0.310 e. The van der Waals surface area contributed by atoms with Crippen LogP contribution in [0.5, 0.6) is 0 Å². The maximum atomic E-state index is 4.39. The summed E-state index contributed by atoms with van der Waals surface area (Å²) in [5.74, 6) is 0.705. The Kier molecular flexibility index (Phi) is 6.27. The molecule has 0 saturated heterocycles. The van der Waals surface area contributed by atoms with Crippen LogP contribution in [0.15, 0.2) is 12.4 Å². The molecule has 0 spiro atoms. The zero-order valence-electron chi connectivity index (χ0n) is 11.7. The van der Waals surface area contributed by atoms with E-state index in [2.05, 4.69) is 44.3 Å². The van der Waals surface area contributed by atoms with Crippen LogP contribution in [0.1, 0.15) is 58.6 Å². The second kappa shape index (κ2) is 7.49. The Hall–Kier alpha value is -0.830. The Morgan fingerprint density at radius 2 is 1.94 bits per heavy atom. The minimum atomic E-state index is 0.463. The molecule has 0 bridgehead atoms. The van der Waals surface area contributed by atoms with Gasteiger partial charge in [0.05, 0.1) is 6.20 Å². The lowest BCUT2D eigenvalue weighted by Gasteiger charge is -2.25. The number of rotatable bonds is 8. The Morgan fingerprint density at radius 1 is 1.24 bits per heavy atom. The van der Waals surface area contributed by atoms with Crippen LogP contribution in [0.25, 0.3) is 0 Å². The first kappa shape index (κ1) is 14.2. The van der Waals surface area contributed by atoms with Gasteiger partial charge in [0, 0.05) is 24.3 Å². The molecule has 98 valence electrons. The van der Waals surface area contributed by atoms with Crippen LogP contribution in [0.2, 0.25) is 0 Å². The van der Waals surface area contributed by atoms with Crippen LogP contribution in [-0.2, 0) is 6.54 Å². The highest BCUT2D eigenvalue weighted by Crippen LogP contribution is 2.27. The minimum absolute atomic E-state index is 0.463. The molecular weight excluding hydrogens is 210 g/mol. The molecule has 0 aliphatic rings. The molecule has 17 heavy (non-hydrogen) atoms. The lowest BCUT2D eigenvalue weighted by Crippen LogP contribution is -2.28. The molecular formula is C14H27N3. The first-order valence-electron chi connectivity index (χ1n) is 7.02. The van der Waals surface area contributed by atoms with Crippen molar-refractivity contribution in [2.45, 2.75) is 59.5 Å². The van der Waals surface area contributed by atoms with E-state index >= 15 is 0 Å². The molecule has 0 aliphatic carbocycles. The third-order valence-corrected chi connectivity index (χ3v) is 3.47. The molecule has 1 N–H and O–H groups in total. The average Bonchev–Trinajstić information content (AvgIpc) is 2.83. The molecule has 0 aromatic carbocycles. The van der Waals surface area contributed by atoms with Crippen molar-refractivity contribution < 1.29 is 0 Å². The van der Waals surface area contributed by atoms with Gasteiger partial charge < -0.3 is 5.32 Å². The third kappa shape index (κ3) is 3.84. The van der Waals surface area contributed by atoms with Gasteiger partial charge >= 0.3 is 0 Å². The summed E-state index contributed by atoms with van der Waals surface area (Å²) < 4.78 is 2.01. The summed E-state index contributed by atoms with van der Waals surface area (Å²) in [5.41, 5.74) is 1.34. The first-order chi connectivity index (χ1) is 8.26. The first-order valence-corrected chi connectivity index (χ1v) is 7.02. The number of aryl methyl sites for hydroxylation is 1. The normalized spacial score (nSPS) is 13.2. The van der Waals surface area contributed by atoms with Gasteiger partial charge in [0.15, 0.2) is 0 Å². The van der Waals surface area contributed by atoms with Gasteiger partial charge in [0.1, 0.15) is 0 Å². The maximum Gasteiger partial charge on any atom is 0.0537 e. The van der Waals surface area contributed by atoms with Crippen LogP contribution in [0.4, 0.5) is 0 Å². The van der Waals surface area contributed by atoms with Crippen LogP contribution in [0, 0.1) is 5.92 Å². The zero-order chi connectivity index (χ0) is 12.7. The summed E-state index contributed by atoms with van der Waals surface area (Å²) in [6.07, 6.45) is 7.82. The molecule has 3 nitrogen and oxygen atoms in total. The van der Waals surface area contributed by atoms with E-state index < -0.39 is 0 Å². The SMILES string of the molecule is CCCNC(c1cnn(CC)c1)C(CC)CC. The number of nitrogens with zero attached hydrogens (tertiary/aromatic N) is 2.